The van der Waals surface area contributed by atoms with Crippen molar-refractivity contribution < 1.29 is 9.18 Å². The minimum Gasteiger partial charge on any atom is -0.353 e. The third-order valence-electron chi connectivity index (χ3n) is 5.43. The van der Waals surface area contributed by atoms with Gasteiger partial charge in [-0.15, -0.1) is 0 Å². The van der Waals surface area contributed by atoms with Crippen molar-refractivity contribution in [3.63, 3.8) is 0 Å². The number of aromatic nitrogens is 4. The van der Waals surface area contributed by atoms with Crippen molar-refractivity contribution in [2.75, 3.05) is 24.5 Å². The van der Waals surface area contributed by atoms with Gasteiger partial charge in [-0.1, -0.05) is 19.4 Å². The number of anilines is 1. The van der Waals surface area contributed by atoms with Gasteiger partial charge in [0.25, 0.3) is 0 Å². The van der Waals surface area contributed by atoms with E-state index in [1.54, 1.807) is 12.4 Å². The Balaban J connectivity index is 0.000000150. The highest BCUT2D eigenvalue weighted by Gasteiger charge is 2.35. The summed E-state index contributed by atoms with van der Waals surface area (Å²) in [6.07, 6.45) is 8.55. The molecule has 5 rings (SSSR count). The standard InChI is InChI=1S/C12H14FN3O.C9H11N3/c13-9-1-3-11(14-7-9)15-5-6-16-10(8-15)2-4-12(16)17;1-2-4-8-5-3-6-12-9(8)10-7-11-12/h1,3,7,10H,2,4-6,8H2;3,5-7H,2,4H2,1H3. The molecule has 0 aromatic carbocycles. The first-order valence-electron chi connectivity index (χ1n) is 10.1. The molecule has 152 valence electrons. The number of pyridine rings is 2. The molecule has 3 aromatic rings. The topological polar surface area (TPSA) is 66.6 Å². The molecular weight excluding hydrogens is 371 g/mol. The number of fused-ring (bicyclic) bond motifs is 2. The van der Waals surface area contributed by atoms with Gasteiger partial charge >= 0.3 is 0 Å². The minimum absolute atomic E-state index is 0.265. The molecule has 1 atom stereocenters. The van der Waals surface area contributed by atoms with Crippen molar-refractivity contribution in [2.24, 2.45) is 0 Å². The van der Waals surface area contributed by atoms with Crippen LogP contribution in [0.3, 0.4) is 0 Å². The molecule has 2 fully saturated rings. The van der Waals surface area contributed by atoms with Crippen LogP contribution < -0.4 is 4.90 Å². The number of hydrogen-bond donors (Lipinski definition) is 0. The zero-order valence-corrected chi connectivity index (χ0v) is 16.5. The van der Waals surface area contributed by atoms with Gasteiger partial charge in [0, 0.05) is 38.3 Å². The van der Waals surface area contributed by atoms with Crippen molar-refractivity contribution in [3.8, 4) is 0 Å². The summed E-state index contributed by atoms with van der Waals surface area (Å²) >= 11 is 0. The zero-order valence-electron chi connectivity index (χ0n) is 16.5. The Kier molecular flexibility index (Phi) is 5.69. The number of aryl methyl sites for hydroxylation is 1. The lowest BCUT2D eigenvalue weighted by Gasteiger charge is -2.38. The summed E-state index contributed by atoms with van der Waals surface area (Å²) in [5.41, 5.74) is 2.26. The number of nitrogens with zero attached hydrogens (tertiary/aromatic N) is 6. The molecule has 0 spiro atoms. The van der Waals surface area contributed by atoms with Crippen LogP contribution in [0, 0.1) is 5.82 Å². The highest BCUT2D eigenvalue weighted by Crippen LogP contribution is 2.25. The average Bonchev–Trinajstić information content (AvgIpc) is 3.37. The molecule has 0 radical (unpaired) electrons. The van der Waals surface area contributed by atoms with E-state index in [4.69, 9.17) is 0 Å². The summed E-state index contributed by atoms with van der Waals surface area (Å²) in [4.78, 5) is 23.9. The Morgan fingerprint density at radius 1 is 1.21 bits per heavy atom. The molecular formula is C21H25FN6O. The molecule has 0 N–H and O–H groups in total. The van der Waals surface area contributed by atoms with Gasteiger partial charge in [-0.3, -0.25) is 4.79 Å². The van der Waals surface area contributed by atoms with Gasteiger partial charge < -0.3 is 9.80 Å². The fourth-order valence-corrected chi connectivity index (χ4v) is 4.00. The summed E-state index contributed by atoms with van der Waals surface area (Å²) in [6.45, 7) is 4.51. The number of carbonyl (C=O) groups is 1. The van der Waals surface area contributed by atoms with E-state index in [-0.39, 0.29) is 11.7 Å². The van der Waals surface area contributed by atoms with Gasteiger partial charge in [0.15, 0.2) is 5.65 Å². The van der Waals surface area contributed by atoms with Gasteiger partial charge in [0.1, 0.15) is 18.0 Å². The number of hydrogen-bond acceptors (Lipinski definition) is 5. The normalized spacial score (nSPS) is 18.6. The molecule has 29 heavy (non-hydrogen) atoms. The van der Waals surface area contributed by atoms with E-state index in [0.717, 1.165) is 50.4 Å². The first-order chi connectivity index (χ1) is 14.2. The van der Waals surface area contributed by atoms with Crippen molar-refractivity contribution in [3.05, 3.63) is 54.4 Å². The maximum absolute atomic E-state index is 12.8. The Morgan fingerprint density at radius 2 is 2.10 bits per heavy atom. The Labute approximate surface area is 169 Å². The molecule has 7 nitrogen and oxygen atoms in total. The van der Waals surface area contributed by atoms with Gasteiger partial charge in [-0.2, -0.15) is 5.10 Å². The van der Waals surface area contributed by atoms with Crippen molar-refractivity contribution in [1.82, 2.24) is 24.5 Å². The van der Waals surface area contributed by atoms with E-state index in [0.29, 0.717) is 12.5 Å². The summed E-state index contributed by atoms with van der Waals surface area (Å²) in [6, 6.07) is 7.54. The van der Waals surface area contributed by atoms with E-state index in [2.05, 4.69) is 33.0 Å². The van der Waals surface area contributed by atoms with E-state index < -0.39 is 0 Å². The third kappa shape index (κ3) is 4.21. The molecule has 0 saturated carbocycles. The molecule has 2 saturated heterocycles. The minimum atomic E-state index is -0.316. The number of amides is 1. The summed E-state index contributed by atoms with van der Waals surface area (Å²) < 4.78 is 14.6. The SMILES string of the molecule is CCCc1cccn2ncnc12.O=C1CCC2CN(c3ccc(F)cn3)CCN12. The third-order valence-corrected chi connectivity index (χ3v) is 5.43. The first kappa shape index (κ1) is 19.3. The van der Waals surface area contributed by atoms with E-state index in [1.807, 2.05) is 21.7 Å². The van der Waals surface area contributed by atoms with Crippen LogP contribution in [0.5, 0.6) is 0 Å². The van der Waals surface area contributed by atoms with Crippen LogP contribution in [0.25, 0.3) is 5.65 Å². The van der Waals surface area contributed by atoms with Crippen molar-refractivity contribution in [2.45, 2.75) is 38.6 Å². The number of halogens is 1. The van der Waals surface area contributed by atoms with Crippen LogP contribution in [-0.4, -0.2) is 56.1 Å². The largest absolute Gasteiger partial charge is 0.353 e. The molecule has 0 bridgehead atoms. The fraction of sp³-hybridized carbons (Fsp3) is 0.429. The lowest BCUT2D eigenvalue weighted by Crippen LogP contribution is -2.51. The summed E-state index contributed by atoms with van der Waals surface area (Å²) in [5, 5.41) is 4.07. The molecule has 3 aromatic heterocycles. The van der Waals surface area contributed by atoms with E-state index >= 15 is 0 Å². The molecule has 0 aliphatic carbocycles. The molecule has 2 aliphatic rings. The first-order valence-corrected chi connectivity index (χ1v) is 10.1. The molecule has 5 heterocycles. The second kappa shape index (κ2) is 8.55. The maximum atomic E-state index is 12.8. The highest BCUT2D eigenvalue weighted by molar-refractivity contribution is 5.79. The van der Waals surface area contributed by atoms with Crippen LogP contribution >= 0.6 is 0 Å². The van der Waals surface area contributed by atoms with Gasteiger partial charge in [0.2, 0.25) is 5.91 Å². The molecule has 2 aliphatic heterocycles. The smallest absolute Gasteiger partial charge is 0.223 e. The number of rotatable bonds is 3. The quantitative estimate of drug-likeness (QED) is 0.681. The van der Waals surface area contributed by atoms with Crippen LogP contribution in [0.1, 0.15) is 31.7 Å². The predicted octanol–water partition coefficient (Wildman–Crippen LogP) is 2.71. The summed E-state index contributed by atoms with van der Waals surface area (Å²) in [7, 11) is 0. The molecule has 1 unspecified atom stereocenters. The average molecular weight is 396 g/mol. The lowest BCUT2D eigenvalue weighted by atomic mass is 10.1. The summed E-state index contributed by atoms with van der Waals surface area (Å²) in [5.74, 6) is 0.746. The Hall–Kier alpha value is -3.03. The second-order valence-electron chi connectivity index (χ2n) is 7.37. The van der Waals surface area contributed by atoms with E-state index in [1.165, 1.54) is 17.8 Å². The van der Waals surface area contributed by atoms with Crippen LogP contribution in [0.2, 0.25) is 0 Å². The molecule has 1 amide bonds. The maximum Gasteiger partial charge on any atom is 0.223 e. The van der Waals surface area contributed by atoms with Crippen molar-refractivity contribution in [1.29, 1.82) is 0 Å². The van der Waals surface area contributed by atoms with Crippen LogP contribution in [-0.2, 0) is 11.2 Å². The van der Waals surface area contributed by atoms with Crippen LogP contribution in [0.4, 0.5) is 10.2 Å². The van der Waals surface area contributed by atoms with E-state index in [9.17, 15) is 9.18 Å². The fourth-order valence-electron chi connectivity index (χ4n) is 4.00. The molecule has 8 heteroatoms. The Morgan fingerprint density at radius 3 is 2.90 bits per heavy atom. The number of carbonyl (C=O) groups excluding carboxylic acids is 1. The predicted molar refractivity (Wildman–Crippen MR) is 108 cm³/mol. The number of piperazine rings is 1. The van der Waals surface area contributed by atoms with Gasteiger partial charge in [-0.05, 0) is 36.6 Å². The lowest BCUT2D eigenvalue weighted by molar-refractivity contribution is -0.129. The van der Waals surface area contributed by atoms with Crippen molar-refractivity contribution >= 4 is 17.4 Å². The highest BCUT2D eigenvalue weighted by atomic mass is 19.1. The zero-order chi connectivity index (χ0) is 20.2. The van der Waals surface area contributed by atoms with Gasteiger partial charge in [0.05, 0.1) is 6.20 Å². The van der Waals surface area contributed by atoms with Gasteiger partial charge in [-0.25, -0.2) is 18.9 Å². The Bertz CT molecular complexity index is 973. The second-order valence-corrected chi connectivity index (χ2v) is 7.37. The van der Waals surface area contributed by atoms with Crippen LogP contribution in [0.15, 0.2) is 43.0 Å². The monoisotopic (exact) mass is 396 g/mol.